The quantitative estimate of drug-likeness (QED) is 0.163. The van der Waals surface area contributed by atoms with Crippen molar-refractivity contribution in [3.05, 3.63) is 247 Å². The van der Waals surface area contributed by atoms with Crippen LogP contribution < -0.4 is 4.90 Å². The van der Waals surface area contributed by atoms with Gasteiger partial charge in [-0.15, -0.1) is 0 Å². The van der Waals surface area contributed by atoms with Crippen molar-refractivity contribution >= 4 is 39.0 Å². The zero-order chi connectivity index (χ0) is 37.8. The van der Waals surface area contributed by atoms with Gasteiger partial charge in [0.15, 0.2) is 0 Å². The smallest absolute Gasteiger partial charge is 0.143 e. The third-order valence-corrected chi connectivity index (χ3v) is 11.7. The molecule has 0 N–H and O–H groups in total. The zero-order valence-electron chi connectivity index (χ0n) is 31.2. The summed E-state index contributed by atoms with van der Waals surface area (Å²) in [5, 5.41) is 2.25. The number of nitrogens with zero attached hydrogens (tertiary/aromatic N) is 1. The van der Waals surface area contributed by atoms with Crippen LogP contribution in [0.1, 0.15) is 22.3 Å². The number of anilines is 3. The van der Waals surface area contributed by atoms with Crippen LogP contribution in [0.5, 0.6) is 0 Å². The monoisotopic (exact) mass is 727 g/mol. The molecule has 0 atom stereocenters. The molecule has 11 rings (SSSR count). The fourth-order valence-corrected chi connectivity index (χ4v) is 9.34. The summed E-state index contributed by atoms with van der Waals surface area (Å²) in [4.78, 5) is 2.33. The summed E-state index contributed by atoms with van der Waals surface area (Å²) in [7, 11) is 0. The standard InChI is InChI=1S/C55H37NO/c1-4-17-38(18-5-1)39-33-35-43(36-34-39)56(42-22-8-3-9-23-42)44-24-14-19-40(37-44)45-27-15-28-48-53-51(31-16-32-52(53)57-54(45)48)55(41-20-6-2-7-21-41)49-29-12-10-25-46(49)47-26-11-13-30-50(47)55/h1-37H. The van der Waals surface area contributed by atoms with E-state index in [1.807, 2.05) is 0 Å². The molecule has 1 aliphatic rings. The molecule has 0 amide bonds. The maximum absolute atomic E-state index is 7.01. The molecule has 268 valence electrons. The Morgan fingerprint density at radius 2 is 0.860 bits per heavy atom. The number of fused-ring (bicyclic) bond motifs is 6. The van der Waals surface area contributed by atoms with Crippen LogP contribution in [-0.2, 0) is 5.41 Å². The molecule has 1 aliphatic carbocycles. The highest BCUT2D eigenvalue weighted by atomic mass is 16.3. The minimum atomic E-state index is -0.535. The fraction of sp³-hybridized carbons (Fsp3) is 0.0182. The van der Waals surface area contributed by atoms with Crippen molar-refractivity contribution in [2.75, 3.05) is 4.90 Å². The van der Waals surface area contributed by atoms with Crippen LogP contribution in [-0.4, -0.2) is 0 Å². The van der Waals surface area contributed by atoms with E-state index in [0.717, 1.165) is 50.1 Å². The van der Waals surface area contributed by atoms with Crippen LogP contribution in [0.15, 0.2) is 229 Å². The number of furan rings is 1. The lowest BCUT2D eigenvalue weighted by molar-refractivity contribution is 0.668. The van der Waals surface area contributed by atoms with Gasteiger partial charge >= 0.3 is 0 Å². The molecular formula is C55H37NO. The van der Waals surface area contributed by atoms with Crippen LogP contribution >= 0.6 is 0 Å². The Hall–Kier alpha value is -7.42. The summed E-state index contributed by atoms with van der Waals surface area (Å²) in [5.74, 6) is 0. The van der Waals surface area contributed by atoms with E-state index in [9.17, 15) is 0 Å². The van der Waals surface area contributed by atoms with E-state index >= 15 is 0 Å². The first-order valence-electron chi connectivity index (χ1n) is 19.6. The van der Waals surface area contributed by atoms with Crippen LogP contribution in [0, 0.1) is 0 Å². The first-order valence-corrected chi connectivity index (χ1v) is 19.6. The summed E-state index contributed by atoms with van der Waals surface area (Å²) >= 11 is 0. The fourth-order valence-electron chi connectivity index (χ4n) is 9.34. The molecule has 0 bridgehead atoms. The highest BCUT2D eigenvalue weighted by Crippen LogP contribution is 2.58. The third-order valence-electron chi connectivity index (χ3n) is 11.7. The van der Waals surface area contributed by atoms with Gasteiger partial charge in [0.2, 0.25) is 0 Å². The lowest BCUT2D eigenvalue weighted by Crippen LogP contribution is -2.28. The summed E-state index contributed by atoms with van der Waals surface area (Å²) in [6.07, 6.45) is 0. The van der Waals surface area contributed by atoms with Crippen molar-refractivity contribution in [1.82, 2.24) is 0 Å². The van der Waals surface area contributed by atoms with Crippen molar-refractivity contribution < 1.29 is 4.42 Å². The van der Waals surface area contributed by atoms with E-state index in [-0.39, 0.29) is 0 Å². The van der Waals surface area contributed by atoms with Gasteiger partial charge in [0.1, 0.15) is 11.2 Å². The predicted molar refractivity (Wildman–Crippen MR) is 237 cm³/mol. The van der Waals surface area contributed by atoms with Crippen LogP contribution in [0.4, 0.5) is 17.1 Å². The first-order chi connectivity index (χ1) is 28.3. The molecule has 9 aromatic carbocycles. The Kier molecular flexibility index (Phi) is 7.75. The summed E-state index contributed by atoms with van der Waals surface area (Å²) < 4.78 is 7.01. The van der Waals surface area contributed by atoms with Crippen LogP contribution in [0.25, 0.3) is 55.3 Å². The van der Waals surface area contributed by atoms with Crippen molar-refractivity contribution in [2.24, 2.45) is 0 Å². The Labute approximate surface area is 332 Å². The van der Waals surface area contributed by atoms with Gasteiger partial charge in [0.25, 0.3) is 0 Å². The maximum Gasteiger partial charge on any atom is 0.143 e. The van der Waals surface area contributed by atoms with Gasteiger partial charge in [-0.25, -0.2) is 0 Å². The van der Waals surface area contributed by atoms with Crippen LogP contribution in [0.3, 0.4) is 0 Å². The van der Waals surface area contributed by atoms with Crippen LogP contribution in [0.2, 0.25) is 0 Å². The molecule has 0 spiro atoms. The molecular weight excluding hydrogens is 691 g/mol. The van der Waals surface area contributed by atoms with Gasteiger partial charge in [0.05, 0.1) is 5.41 Å². The number of benzene rings is 9. The van der Waals surface area contributed by atoms with Gasteiger partial charge in [0, 0.05) is 33.4 Å². The van der Waals surface area contributed by atoms with Gasteiger partial charge in [-0.3, -0.25) is 0 Å². The highest BCUT2D eigenvalue weighted by molar-refractivity contribution is 6.12. The topological polar surface area (TPSA) is 16.4 Å². The Morgan fingerprint density at radius 1 is 0.351 bits per heavy atom. The summed E-state index contributed by atoms with van der Waals surface area (Å²) in [5.41, 5.74) is 16.6. The molecule has 0 unspecified atom stereocenters. The van der Waals surface area contributed by atoms with Gasteiger partial charge in [-0.1, -0.05) is 182 Å². The lowest BCUT2D eigenvalue weighted by Gasteiger charge is -2.34. The molecule has 1 aromatic heterocycles. The molecule has 0 aliphatic heterocycles. The minimum Gasteiger partial charge on any atom is -0.455 e. The molecule has 10 aromatic rings. The number of rotatable bonds is 7. The van der Waals surface area contributed by atoms with E-state index in [1.165, 1.54) is 44.5 Å². The highest BCUT2D eigenvalue weighted by Gasteiger charge is 2.47. The number of hydrogen-bond acceptors (Lipinski definition) is 2. The van der Waals surface area contributed by atoms with E-state index in [2.05, 4.69) is 229 Å². The molecule has 2 nitrogen and oxygen atoms in total. The average Bonchev–Trinajstić information content (AvgIpc) is 3.82. The molecule has 0 radical (unpaired) electrons. The SMILES string of the molecule is c1ccc(-c2ccc(N(c3ccccc3)c3cccc(-c4cccc5c4oc4cccc(C6(c7ccccc7)c7ccccc7-c7ccccc76)c45)c3)cc2)cc1. The van der Waals surface area contributed by atoms with E-state index < -0.39 is 5.41 Å². The third kappa shape index (κ3) is 5.18. The minimum absolute atomic E-state index is 0.535. The second kappa shape index (κ2) is 13.4. The Balaban J connectivity index is 1.10. The molecule has 0 fully saturated rings. The molecule has 57 heavy (non-hydrogen) atoms. The summed E-state index contributed by atoms with van der Waals surface area (Å²) in [6, 6.07) is 80.9. The normalized spacial score (nSPS) is 12.7. The van der Waals surface area contributed by atoms with E-state index in [0.29, 0.717) is 0 Å². The van der Waals surface area contributed by atoms with E-state index in [4.69, 9.17) is 4.42 Å². The second-order valence-electron chi connectivity index (χ2n) is 14.8. The Bertz CT molecular complexity index is 3010. The van der Waals surface area contributed by atoms with Gasteiger partial charge in [-0.2, -0.15) is 0 Å². The number of para-hydroxylation sites is 2. The molecule has 0 saturated heterocycles. The van der Waals surface area contributed by atoms with Crippen molar-refractivity contribution in [1.29, 1.82) is 0 Å². The van der Waals surface area contributed by atoms with E-state index in [1.54, 1.807) is 0 Å². The average molecular weight is 728 g/mol. The Morgan fingerprint density at radius 3 is 1.58 bits per heavy atom. The van der Waals surface area contributed by atoms with Crippen molar-refractivity contribution in [3.63, 3.8) is 0 Å². The summed E-state index contributed by atoms with van der Waals surface area (Å²) in [6.45, 7) is 0. The molecule has 1 heterocycles. The predicted octanol–water partition coefficient (Wildman–Crippen LogP) is 14.8. The van der Waals surface area contributed by atoms with Crippen molar-refractivity contribution in [3.8, 4) is 33.4 Å². The molecule has 0 saturated carbocycles. The maximum atomic E-state index is 7.01. The lowest BCUT2D eigenvalue weighted by atomic mass is 9.66. The second-order valence-corrected chi connectivity index (χ2v) is 14.8. The van der Waals surface area contributed by atoms with Crippen molar-refractivity contribution in [2.45, 2.75) is 5.41 Å². The first kappa shape index (κ1) is 33.0. The van der Waals surface area contributed by atoms with Gasteiger partial charge < -0.3 is 9.32 Å². The zero-order valence-corrected chi connectivity index (χ0v) is 31.2. The number of hydrogen-bond donors (Lipinski definition) is 0. The largest absolute Gasteiger partial charge is 0.455 e. The van der Waals surface area contributed by atoms with Gasteiger partial charge in [-0.05, 0) is 92.5 Å². The molecule has 2 heteroatoms.